The van der Waals surface area contributed by atoms with E-state index in [1.807, 2.05) is 48.5 Å². The van der Waals surface area contributed by atoms with Crippen LogP contribution in [0.3, 0.4) is 0 Å². The van der Waals surface area contributed by atoms with Crippen molar-refractivity contribution in [2.24, 2.45) is 0 Å². The molecule has 90 valence electrons. The van der Waals surface area contributed by atoms with Gasteiger partial charge in [0.2, 0.25) is 0 Å². The van der Waals surface area contributed by atoms with Gasteiger partial charge in [0.25, 0.3) is 0 Å². The van der Waals surface area contributed by atoms with Crippen LogP contribution in [0.2, 0.25) is 0 Å². The minimum absolute atomic E-state index is 0.772. The number of hydrogen-bond donors (Lipinski definition) is 0. The van der Waals surface area contributed by atoms with E-state index in [2.05, 4.69) is 0 Å². The average molecular weight is 238 g/mol. The van der Waals surface area contributed by atoms with Crippen LogP contribution in [0.1, 0.15) is 5.56 Å². The van der Waals surface area contributed by atoms with Crippen LogP contribution in [-0.2, 0) is 4.79 Å². The zero-order valence-corrected chi connectivity index (χ0v) is 10.2. The van der Waals surface area contributed by atoms with Crippen LogP contribution in [0.25, 0.3) is 17.2 Å². The summed E-state index contributed by atoms with van der Waals surface area (Å²) >= 11 is 0. The van der Waals surface area contributed by atoms with Gasteiger partial charge in [-0.25, -0.2) is 0 Å². The van der Waals surface area contributed by atoms with Gasteiger partial charge in [-0.1, -0.05) is 48.5 Å². The molecule has 0 saturated heterocycles. The van der Waals surface area contributed by atoms with Crippen molar-refractivity contribution >= 4 is 12.4 Å². The minimum Gasteiger partial charge on any atom is -0.496 e. The van der Waals surface area contributed by atoms with E-state index in [1.54, 1.807) is 13.2 Å². The molecule has 0 heterocycles. The number of benzene rings is 2. The van der Waals surface area contributed by atoms with E-state index in [0.29, 0.717) is 0 Å². The Labute approximate surface area is 107 Å². The molecular weight excluding hydrogens is 224 g/mol. The van der Waals surface area contributed by atoms with E-state index in [4.69, 9.17) is 4.74 Å². The zero-order chi connectivity index (χ0) is 12.8. The summed E-state index contributed by atoms with van der Waals surface area (Å²) < 4.78 is 5.33. The van der Waals surface area contributed by atoms with E-state index < -0.39 is 0 Å². The molecule has 0 radical (unpaired) electrons. The van der Waals surface area contributed by atoms with Gasteiger partial charge in [-0.3, -0.25) is 4.79 Å². The van der Waals surface area contributed by atoms with Crippen LogP contribution >= 0.6 is 0 Å². The SMILES string of the molecule is COc1ccccc1-c1ccc(C=CC=O)cc1. The number of carbonyl (C=O) groups excluding carboxylic acids is 1. The highest BCUT2D eigenvalue weighted by Gasteiger charge is 2.03. The first kappa shape index (κ1) is 12.1. The van der Waals surface area contributed by atoms with Crippen LogP contribution in [0.5, 0.6) is 5.75 Å². The van der Waals surface area contributed by atoms with Crippen LogP contribution in [0.15, 0.2) is 54.6 Å². The van der Waals surface area contributed by atoms with Crippen molar-refractivity contribution in [2.75, 3.05) is 7.11 Å². The largest absolute Gasteiger partial charge is 0.496 e. The molecule has 0 unspecified atom stereocenters. The lowest BCUT2D eigenvalue weighted by molar-refractivity contribution is -0.104. The van der Waals surface area contributed by atoms with E-state index in [0.717, 1.165) is 28.7 Å². The Morgan fingerprint density at radius 1 is 1.00 bits per heavy atom. The summed E-state index contributed by atoms with van der Waals surface area (Å²) in [5.41, 5.74) is 3.15. The van der Waals surface area contributed by atoms with Gasteiger partial charge >= 0.3 is 0 Å². The molecule has 2 heteroatoms. The zero-order valence-electron chi connectivity index (χ0n) is 10.2. The highest BCUT2D eigenvalue weighted by molar-refractivity contribution is 5.75. The number of hydrogen-bond acceptors (Lipinski definition) is 2. The highest BCUT2D eigenvalue weighted by Crippen LogP contribution is 2.29. The molecule has 0 aromatic heterocycles. The first-order valence-corrected chi connectivity index (χ1v) is 5.70. The van der Waals surface area contributed by atoms with E-state index in [9.17, 15) is 4.79 Å². The Morgan fingerprint density at radius 3 is 2.39 bits per heavy atom. The van der Waals surface area contributed by atoms with Crippen LogP contribution in [0, 0.1) is 0 Å². The van der Waals surface area contributed by atoms with E-state index in [1.165, 1.54) is 6.08 Å². The molecule has 0 bridgehead atoms. The van der Waals surface area contributed by atoms with E-state index in [-0.39, 0.29) is 0 Å². The Balaban J connectivity index is 2.34. The van der Waals surface area contributed by atoms with Crippen LogP contribution in [-0.4, -0.2) is 13.4 Å². The van der Waals surface area contributed by atoms with Crippen LogP contribution < -0.4 is 4.74 Å². The third-order valence-electron chi connectivity index (χ3n) is 2.70. The Morgan fingerprint density at radius 2 is 1.72 bits per heavy atom. The smallest absolute Gasteiger partial charge is 0.142 e. The topological polar surface area (TPSA) is 26.3 Å². The predicted molar refractivity (Wildman–Crippen MR) is 73.5 cm³/mol. The maximum Gasteiger partial charge on any atom is 0.142 e. The van der Waals surface area contributed by atoms with Gasteiger partial charge in [0.05, 0.1) is 7.11 Å². The summed E-state index contributed by atoms with van der Waals surface area (Å²) in [7, 11) is 1.67. The summed E-state index contributed by atoms with van der Waals surface area (Å²) in [5.74, 6) is 0.855. The number of allylic oxidation sites excluding steroid dienone is 1. The second-order valence-electron chi connectivity index (χ2n) is 3.82. The van der Waals surface area contributed by atoms with Gasteiger partial charge < -0.3 is 4.74 Å². The molecule has 0 N–H and O–H groups in total. The second kappa shape index (κ2) is 5.82. The standard InChI is InChI=1S/C16H14O2/c1-18-16-7-3-2-6-15(16)14-10-8-13(9-11-14)5-4-12-17/h2-12H,1H3. The lowest BCUT2D eigenvalue weighted by atomic mass is 10.0. The normalized spacial score (nSPS) is 10.5. The van der Waals surface area contributed by atoms with Crippen molar-refractivity contribution in [2.45, 2.75) is 0 Å². The molecule has 2 rings (SSSR count). The average Bonchev–Trinajstić information content (AvgIpc) is 2.45. The number of methoxy groups -OCH3 is 1. The Kier molecular flexibility index (Phi) is 3.92. The third-order valence-corrected chi connectivity index (χ3v) is 2.70. The minimum atomic E-state index is 0.772. The Bertz CT molecular complexity index is 554. The summed E-state index contributed by atoms with van der Waals surface area (Å²) in [5, 5.41) is 0. The monoisotopic (exact) mass is 238 g/mol. The first-order chi connectivity index (χ1) is 8.85. The second-order valence-corrected chi connectivity index (χ2v) is 3.82. The van der Waals surface area contributed by atoms with Crippen molar-refractivity contribution in [1.82, 2.24) is 0 Å². The molecular formula is C16H14O2. The van der Waals surface area contributed by atoms with Gasteiger partial charge in [0, 0.05) is 5.56 Å². The lowest BCUT2D eigenvalue weighted by Gasteiger charge is -2.08. The van der Waals surface area contributed by atoms with Gasteiger partial charge in [-0.05, 0) is 23.3 Å². The van der Waals surface area contributed by atoms with Crippen molar-refractivity contribution < 1.29 is 9.53 Å². The molecule has 2 aromatic carbocycles. The Hall–Kier alpha value is -2.35. The summed E-state index contributed by atoms with van der Waals surface area (Å²) in [6.07, 6.45) is 4.03. The molecule has 2 nitrogen and oxygen atoms in total. The molecule has 0 aliphatic rings. The third kappa shape index (κ3) is 2.66. The van der Waals surface area contributed by atoms with E-state index >= 15 is 0 Å². The molecule has 18 heavy (non-hydrogen) atoms. The predicted octanol–water partition coefficient (Wildman–Crippen LogP) is 3.57. The highest BCUT2D eigenvalue weighted by atomic mass is 16.5. The van der Waals surface area contributed by atoms with Gasteiger partial charge in [-0.2, -0.15) is 0 Å². The van der Waals surface area contributed by atoms with Crippen molar-refractivity contribution in [3.05, 3.63) is 60.2 Å². The number of ether oxygens (including phenoxy) is 1. The molecule has 0 amide bonds. The first-order valence-electron chi connectivity index (χ1n) is 5.70. The summed E-state index contributed by atoms with van der Waals surface area (Å²) in [6, 6.07) is 15.9. The molecule has 0 saturated carbocycles. The number of carbonyl (C=O) groups is 1. The molecule has 2 aromatic rings. The fourth-order valence-electron chi connectivity index (χ4n) is 1.81. The van der Waals surface area contributed by atoms with Gasteiger partial charge in [0.15, 0.2) is 0 Å². The van der Waals surface area contributed by atoms with Crippen molar-refractivity contribution in [3.63, 3.8) is 0 Å². The number of rotatable bonds is 4. The maximum atomic E-state index is 10.2. The van der Waals surface area contributed by atoms with Crippen LogP contribution in [0.4, 0.5) is 0 Å². The number of para-hydroxylation sites is 1. The summed E-state index contributed by atoms with van der Waals surface area (Å²) in [4.78, 5) is 10.2. The molecule has 0 atom stereocenters. The molecule has 0 aliphatic heterocycles. The van der Waals surface area contributed by atoms with Crippen molar-refractivity contribution in [1.29, 1.82) is 0 Å². The summed E-state index contributed by atoms with van der Waals surface area (Å²) in [6.45, 7) is 0. The number of aldehydes is 1. The lowest BCUT2D eigenvalue weighted by Crippen LogP contribution is -1.87. The molecule has 0 fully saturated rings. The van der Waals surface area contributed by atoms with Crippen molar-refractivity contribution in [3.8, 4) is 16.9 Å². The molecule has 0 aliphatic carbocycles. The quantitative estimate of drug-likeness (QED) is 0.601. The maximum absolute atomic E-state index is 10.2. The van der Waals surface area contributed by atoms with Gasteiger partial charge in [-0.15, -0.1) is 0 Å². The molecule has 0 spiro atoms. The fraction of sp³-hybridized carbons (Fsp3) is 0.0625. The van der Waals surface area contributed by atoms with Gasteiger partial charge in [0.1, 0.15) is 12.0 Å². The fourth-order valence-corrected chi connectivity index (χ4v) is 1.81.